The van der Waals surface area contributed by atoms with Crippen molar-refractivity contribution in [3.8, 4) is 0 Å². The average molecular weight is 274 g/mol. The molecule has 1 nitrogen and oxygen atoms in total. The molecule has 2 aliphatic carbocycles. The molecule has 2 aliphatic rings. The normalized spacial score (nSPS) is 46.2. The lowest BCUT2D eigenvalue weighted by Crippen LogP contribution is -2.32. The lowest BCUT2D eigenvalue weighted by molar-refractivity contribution is -0.121. The summed E-state index contributed by atoms with van der Waals surface area (Å²) in [6.45, 7) is 1.51. The number of Topliss-reactive ketones (excluding diaryl/α,β-unsaturated/α-hetero) is 1. The second kappa shape index (κ2) is 3.04. The van der Waals surface area contributed by atoms with E-state index in [4.69, 9.17) is 46.4 Å². The maximum absolute atomic E-state index is 11.4. The van der Waals surface area contributed by atoms with Gasteiger partial charge in [-0.2, -0.15) is 0 Å². The fraction of sp³-hybridized carbons (Fsp3) is 0.667. The Bertz CT molecular complexity index is 351. The third-order valence-corrected chi connectivity index (χ3v) is 5.49. The Labute approximate surface area is 102 Å². The van der Waals surface area contributed by atoms with Crippen LogP contribution in [0, 0.1) is 5.92 Å². The Morgan fingerprint density at radius 3 is 2.29 bits per heavy atom. The monoisotopic (exact) mass is 272 g/mol. The van der Waals surface area contributed by atoms with Crippen molar-refractivity contribution in [3.63, 3.8) is 0 Å². The first-order chi connectivity index (χ1) is 6.31. The maximum Gasteiger partial charge on any atom is 0.135 e. The van der Waals surface area contributed by atoms with E-state index in [2.05, 4.69) is 0 Å². The van der Waals surface area contributed by atoms with Gasteiger partial charge in [0.05, 0.1) is 19.8 Å². The van der Waals surface area contributed by atoms with E-state index >= 15 is 0 Å². The quantitative estimate of drug-likeness (QED) is 0.667. The molecule has 0 aliphatic heterocycles. The van der Waals surface area contributed by atoms with Gasteiger partial charge in [-0.3, -0.25) is 4.79 Å². The number of rotatable bonds is 1. The topological polar surface area (TPSA) is 17.1 Å². The van der Waals surface area contributed by atoms with Gasteiger partial charge in [-0.25, -0.2) is 0 Å². The van der Waals surface area contributed by atoms with Crippen molar-refractivity contribution in [2.45, 2.75) is 29.5 Å². The fourth-order valence-corrected chi connectivity index (χ4v) is 4.20. The van der Waals surface area contributed by atoms with E-state index in [0.29, 0.717) is 22.9 Å². The molecule has 0 unspecified atom stereocenters. The molecule has 0 aromatic carbocycles. The molecular formula is C9H8Cl4O. The fourth-order valence-electron chi connectivity index (χ4n) is 2.33. The van der Waals surface area contributed by atoms with Gasteiger partial charge in [0.2, 0.25) is 0 Å². The van der Waals surface area contributed by atoms with Crippen LogP contribution in [0.4, 0.5) is 0 Å². The minimum atomic E-state index is -0.855. The number of carbonyl (C=O) groups excluding carboxylic acids is 1. The number of halogens is 4. The molecule has 1 fully saturated rings. The molecule has 0 amide bonds. The van der Waals surface area contributed by atoms with Crippen LogP contribution in [0.25, 0.3) is 0 Å². The van der Waals surface area contributed by atoms with Crippen LogP contribution >= 0.6 is 46.4 Å². The Balaban J connectivity index is 2.50. The van der Waals surface area contributed by atoms with Crippen molar-refractivity contribution in [1.82, 2.24) is 0 Å². The Morgan fingerprint density at radius 2 is 1.93 bits per heavy atom. The molecule has 0 radical (unpaired) electrons. The molecule has 0 heterocycles. The van der Waals surface area contributed by atoms with Crippen molar-refractivity contribution in [3.05, 3.63) is 10.1 Å². The van der Waals surface area contributed by atoms with Crippen LogP contribution in [0.15, 0.2) is 10.1 Å². The summed E-state index contributed by atoms with van der Waals surface area (Å²) in [5.41, 5.74) is 0. The lowest BCUT2D eigenvalue weighted by atomic mass is 9.89. The molecule has 2 rings (SSSR count). The zero-order valence-electron chi connectivity index (χ0n) is 7.41. The van der Waals surface area contributed by atoms with Gasteiger partial charge >= 0.3 is 0 Å². The molecule has 1 saturated carbocycles. The number of carbonyl (C=O) groups is 1. The van der Waals surface area contributed by atoms with Crippen LogP contribution in [-0.4, -0.2) is 15.5 Å². The predicted octanol–water partition coefficient (Wildman–Crippen LogP) is 3.64. The van der Waals surface area contributed by atoms with Crippen molar-refractivity contribution < 1.29 is 4.79 Å². The number of hydrogen-bond donors (Lipinski definition) is 0. The number of ketones is 1. The standard InChI is InChI=1S/C9H8Cl4O/c1-4(14)5-2-8(12)3-9(5,13)7(11)6(8)10/h5H,2-3H2,1H3/t5-,8+,9+/m1/s1. The molecule has 2 bridgehead atoms. The number of alkyl halides is 2. The Kier molecular flexibility index (Phi) is 2.40. The first kappa shape index (κ1) is 11.1. The van der Waals surface area contributed by atoms with Crippen LogP contribution in [0.1, 0.15) is 19.8 Å². The molecule has 78 valence electrons. The van der Waals surface area contributed by atoms with Gasteiger partial charge in [0.15, 0.2) is 0 Å². The summed E-state index contributed by atoms with van der Waals surface area (Å²) in [6.07, 6.45) is 0.938. The van der Waals surface area contributed by atoms with E-state index in [1.165, 1.54) is 6.92 Å². The van der Waals surface area contributed by atoms with E-state index in [1.807, 2.05) is 0 Å². The summed E-state index contributed by atoms with van der Waals surface area (Å²) >= 11 is 24.6. The van der Waals surface area contributed by atoms with Gasteiger partial charge in [0.1, 0.15) is 5.78 Å². The summed E-state index contributed by atoms with van der Waals surface area (Å²) < 4.78 is 0. The summed E-state index contributed by atoms with van der Waals surface area (Å²) in [5, 5.41) is 0.760. The van der Waals surface area contributed by atoms with Crippen molar-refractivity contribution in [2.75, 3.05) is 0 Å². The first-order valence-electron chi connectivity index (χ1n) is 4.26. The number of fused-ring (bicyclic) bond motifs is 2. The zero-order valence-corrected chi connectivity index (χ0v) is 10.4. The van der Waals surface area contributed by atoms with Gasteiger partial charge in [-0.15, -0.1) is 23.2 Å². The van der Waals surface area contributed by atoms with Crippen LogP contribution in [0.2, 0.25) is 0 Å². The smallest absolute Gasteiger partial charge is 0.135 e. The first-order valence-corrected chi connectivity index (χ1v) is 5.77. The third kappa shape index (κ3) is 1.19. The van der Waals surface area contributed by atoms with E-state index in [1.54, 1.807) is 0 Å². The van der Waals surface area contributed by atoms with Gasteiger partial charge in [0.25, 0.3) is 0 Å². The van der Waals surface area contributed by atoms with E-state index in [-0.39, 0.29) is 11.7 Å². The summed E-state index contributed by atoms with van der Waals surface area (Å²) in [6, 6.07) is 0. The van der Waals surface area contributed by atoms with E-state index in [9.17, 15) is 4.79 Å². The number of allylic oxidation sites excluding steroid dienone is 2. The third-order valence-electron chi connectivity index (χ3n) is 3.06. The summed E-state index contributed by atoms with van der Waals surface area (Å²) in [4.78, 5) is 9.80. The SMILES string of the molecule is CC(=O)[C@H]1C[C@]2(Cl)C[C@@]1(Cl)C(Cl)=C2Cl. The average Bonchev–Trinajstić information content (AvgIpc) is 2.44. The highest BCUT2D eigenvalue weighted by Gasteiger charge is 2.64. The molecule has 5 heteroatoms. The van der Waals surface area contributed by atoms with E-state index < -0.39 is 9.75 Å². The van der Waals surface area contributed by atoms with Crippen LogP contribution in [-0.2, 0) is 4.79 Å². The molecule has 0 aromatic rings. The predicted molar refractivity (Wildman–Crippen MR) is 59.3 cm³/mol. The van der Waals surface area contributed by atoms with Crippen LogP contribution < -0.4 is 0 Å². The lowest BCUT2D eigenvalue weighted by Gasteiger charge is -2.28. The van der Waals surface area contributed by atoms with Crippen molar-refractivity contribution >= 4 is 52.2 Å². The highest BCUT2D eigenvalue weighted by Crippen LogP contribution is 2.65. The number of hydrogen-bond acceptors (Lipinski definition) is 1. The second-order valence-corrected chi connectivity index (χ2v) is 6.15. The highest BCUT2D eigenvalue weighted by molar-refractivity contribution is 6.51. The second-order valence-electron chi connectivity index (χ2n) is 4.00. The van der Waals surface area contributed by atoms with Gasteiger partial charge in [-0.05, 0) is 19.8 Å². The molecule has 0 spiro atoms. The highest BCUT2D eigenvalue weighted by atomic mass is 35.5. The van der Waals surface area contributed by atoms with Gasteiger partial charge in [-0.1, -0.05) is 23.2 Å². The maximum atomic E-state index is 11.4. The van der Waals surface area contributed by atoms with Gasteiger partial charge < -0.3 is 0 Å². The molecular weight excluding hydrogens is 266 g/mol. The molecule has 14 heavy (non-hydrogen) atoms. The summed E-state index contributed by atoms with van der Waals surface area (Å²) in [7, 11) is 0. The summed E-state index contributed by atoms with van der Waals surface area (Å²) in [5.74, 6) is -0.290. The van der Waals surface area contributed by atoms with Gasteiger partial charge in [0, 0.05) is 5.92 Å². The molecule has 3 atom stereocenters. The molecule has 0 aromatic heterocycles. The minimum absolute atomic E-state index is 0.0184. The Morgan fingerprint density at radius 1 is 1.36 bits per heavy atom. The van der Waals surface area contributed by atoms with Crippen molar-refractivity contribution in [2.24, 2.45) is 5.92 Å². The van der Waals surface area contributed by atoms with Crippen molar-refractivity contribution in [1.29, 1.82) is 0 Å². The van der Waals surface area contributed by atoms with E-state index in [0.717, 1.165) is 0 Å². The largest absolute Gasteiger partial charge is 0.300 e. The molecule has 0 saturated heterocycles. The van der Waals surface area contributed by atoms with Crippen LogP contribution in [0.5, 0.6) is 0 Å². The Hall–Kier alpha value is 0.570. The minimum Gasteiger partial charge on any atom is -0.300 e. The van der Waals surface area contributed by atoms with Crippen LogP contribution in [0.3, 0.4) is 0 Å². The molecule has 0 N–H and O–H groups in total. The zero-order chi connectivity index (χ0) is 10.7.